The monoisotopic (exact) mass is 297 g/mol. The van der Waals surface area contributed by atoms with Gasteiger partial charge in [-0.25, -0.2) is 31.6 Å². The molecule has 0 saturated carbocycles. The van der Waals surface area contributed by atoms with Gasteiger partial charge in [0.2, 0.25) is 0 Å². The van der Waals surface area contributed by atoms with Crippen molar-refractivity contribution in [3.8, 4) is 39.4 Å². The summed E-state index contributed by atoms with van der Waals surface area (Å²) < 4.78 is 0. The van der Waals surface area contributed by atoms with Crippen molar-refractivity contribution < 1.29 is 34.1 Å². The number of rotatable bonds is 0. The number of nitriles is 6. The Kier molecular flexibility index (Phi) is 2770. The predicted molar refractivity (Wildman–Crippen MR) is 46.8 cm³/mol. The van der Waals surface area contributed by atoms with Crippen LogP contribution in [0.25, 0.3) is 0 Å². The molecule has 0 N–H and O–H groups in total. The molecule has 0 atom stereocenters. The van der Waals surface area contributed by atoms with Crippen LogP contribution in [0.2, 0.25) is 0 Å². The van der Waals surface area contributed by atoms with Crippen molar-refractivity contribution in [1.82, 2.24) is 0 Å². The van der Waals surface area contributed by atoms with Gasteiger partial charge in [-0.2, -0.15) is 0 Å². The third-order valence-electron chi connectivity index (χ3n) is 0. The minimum atomic E-state index is 0. The van der Waals surface area contributed by atoms with Crippen LogP contribution in [0.1, 0.15) is 7.43 Å². The fourth-order valence-corrected chi connectivity index (χ4v) is 0. The van der Waals surface area contributed by atoms with Gasteiger partial charge in [-0.1, -0.05) is 7.43 Å². The Morgan fingerprint density at radius 1 is 0.400 bits per heavy atom. The van der Waals surface area contributed by atoms with Crippen LogP contribution in [0, 0.1) is 71.0 Å². The maximum absolute atomic E-state index is 6.50. The van der Waals surface area contributed by atoms with Gasteiger partial charge < -0.3 is 0 Å². The van der Waals surface area contributed by atoms with Crippen LogP contribution in [0.4, 0.5) is 0 Å². The number of nitrogens with zero attached hydrogens (tertiary/aromatic N) is 6. The summed E-state index contributed by atoms with van der Waals surface area (Å²) in [6.45, 7) is 21.0. The van der Waals surface area contributed by atoms with E-state index in [0.717, 1.165) is 0 Å². The molecule has 8 heteroatoms. The number of hydrogen-bond donors (Lipinski definition) is 0. The molecule has 0 aromatic heterocycles. The van der Waals surface area contributed by atoms with Crippen LogP contribution in [-0.4, -0.2) is 0 Å². The molecule has 0 aliphatic rings. The summed E-state index contributed by atoms with van der Waals surface area (Å²) in [4.78, 5) is 0. The SMILES string of the molecule is C.C#N.C#N.C#N.C#N.C#N.C#N.[Cu].[Fe]. The molecule has 0 aromatic rings. The normalized spacial score (nSPS) is 0.800. The smallest absolute Gasteiger partial charge is 0.0462 e. The molecule has 0 spiro atoms. The summed E-state index contributed by atoms with van der Waals surface area (Å²) >= 11 is 0. The van der Waals surface area contributed by atoms with Crippen LogP contribution >= 0.6 is 0 Å². The summed E-state index contributed by atoms with van der Waals surface area (Å²) in [5.41, 5.74) is 0. The molecule has 0 bridgehead atoms. The maximum atomic E-state index is 6.50. The molecule has 15 heavy (non-hydrogen) atoms. The molecule has 0 aliphatic heterocycles. The van der Waals surface area contributed by atoms with Gasteiger partial charge in [0.1, 0.15) is 0 Å². The van der Waals surface area contributed by atoms with Gasteiger partial charge in [0.25, 0.3) is 0 Å². The third kappa shape index (κ3) is 292. The average Bonchev–Trinajstić information content (AvgIpc) is 2.33. The molecule has 0 aliphatic carbocycles. The summed E-state index contributed by atoms with van der Waals surface area (Å²) in [7, 11) is 0. The molecule has 0 fully saturated rings. The summed E-state index contributed by atoms with van der Waals surface area (Å²) in [5, 5.41) is 39.0. The maximum Gasteiger partial charge on any atom is 0.0462 e. The van der Waals surface area contributed by atoms with Gasteiger partial charge in [-0.05, 0) is 0 Å². The molecule has 0 heterocycles. The Balaban J connectivity index is -0.00000000396. The quantitative estimate of drug-likeness (QED) is 0.619. The van der Waals surface area contributed by atoms with Gasteiger partial charge in [0.05, 0.1) is 0 Å². The molecule has 0 saturated heterocycles. The molecular weight excluding hydrogens is 288 g/mol. The minimum absolute atomic E-state index is 0. The van der Waals surface area contributed by atoms with Gasteiger partial charge in [0.15, 0.2) is 0 Å². The van der Waals surface area contributed by atoms with Crippen molar-refractivity contribution in [2.45, 2.75) is 7.43 Å². The van der Waals surface area contributed by atoms with Crippen molar-refractivity contribution in [3.05, 3.63) is 0 Å². The zero-order chi connectivity index (χ0) is 12.0. The minimum Gasteiger partial charge on any atom is -0.202 e. The first kappa shape index (κ1) is 118. The number of hydrogen-bond acceptors (Lipinski definition) is 6. The van der Waals surface area contributed by atoms with E-state index in [-0.39, 0.29) is 41.6 Å². The average molecular weight is 298 g/mol. The van der Waals surface area contributed by atoms with E-state index in [1.165, 1.54) is 0 Å². The third-order valence-corrected chi connectivity index (χ3v) is 0. The fourth-order valence-electron chi connectivity index (χ4n) is 0. The Morgan fingerprint density at radius 3 is 0.400 bits per heavy atom. The second-order valence-electron chi connectivity index (χ2n) is 0. The molecular formula is C7H10CuFeN6. The van der Waals surface area contributed by atoms with Crippen LogP contribution < -0.4 is 0 Å². The van der Waals surface area contributed by atoms with Gasteiger partial charge in [-0.15, -0.1) is 0 Å². The van der Waals surface area contributed by atoms with Crippen molar-refractivity contribution >= 4 is 0 Å². The molecule has 87 valence electrons. The van der Waals surface area contributed by atoms with E-state index < -0.39 is 0 Å². The van der Waals surface area contributed by atoms with Crippen LogP contribution in [-0.2, 0) is 34.1 Å². The Morgan fingerprint density at radius 2 is 0.400 bits per heavy atom. The Bertz CT molecular complexity index is 98.5. The van der Waals surface area contributed by atoms with Crippen molar-refractivity contribution in [1.29, 1.82) is 31.6 Å². The van der Waals surface area contributed by atoms with Crippen LogP contribution in [0.5, 0.6) is 0 Å². The first-order chi connectivity index (χ1) is 6.00. The summed E-state index contributed by atoms with van der Waals surface area (Å²) in [5.74, 6) is 0. The zero-order valence-corrected chi connectivity index (χ0v) is 8.85. The predicted octanol–water partition coefficient (Wildman–Crippen LogP) is 1.47. The summed E-state index contributed by atoms with van der Waals surface area (Å²) in [6, 6.07) is 0. The first-order valence-corrected chi connectivity index (χ1v) is 1.55. The fraction of sp³-hybridized carbons (Fsp3) is 0.143. The van der Waals surface area contributed by atoms with Crippen LogP contribution in [0.3, 0.4) is 0 Å². The topological polar surface area (TPSA) is 143 Å². The molecule has 1 radical (unpaired) electrons. The van der Waals surface area contributed by atoms with Gasteiger partial charge in [0, 0.05) is 73.6 Å². The van der Waals surface area contributed by atoms with Crippen LogP contribution in [0.15, 0.2) is 0 Å². The van der Waals surface area contributed by atoms with E-state index in [1.54, 1.807) is 0 Å². The molecule has 0 amide bonds. The molecule has 6 nitrogen and oxygen atoms in total. The van der Waals surface area contributed by atoms with E-state index in [4.69, 9.17) is 31.6 Å². The van der Waals surface area contributed by atoms with E-state index in [1.807, 2.05) is 0 Å². The van der Waals surface area contributed by atoms with Crippen molar-refractivity contribution in [3.63, 3.8) is 0 Å². The first-order valence-electron chi connectivity index (χ1n) is 1.55. The van der Waals surface area contributed by atoms with E-state index in [2.05, 4.69) is 39.4 Å². The van der Waals surface area contributed by atoms with E-state index in [9.17, 15) is 0 Å². The summed E-state index contributed by atoms with van der Waals surface area (Å²) in [6.07, 6.45) is 0. The molecule has 0 rings (SSSR count). The Labute approximate surface area is 113 Å². The second-order valence-corrected chi connectivity index (χ2v) is 0. The van der Waals surface area contributed by atoms with E-state index in [0.29, 0.717) is 0 Å². The second kappa shape index (κ2) is 354. The zero-order valence-electron chi connectivity index (χ0n) is 6.80. The van der Waals surface area contributed by atoms with E-state index >= 15 is 0 Å². The standard InChI is InChI=1S/6CHN.CH4.Cu.Fe/c6*1-2;;;/h6*1H;1H4;;. The van der Waals surface area contributed by atoms with Gasteiger partial charge in [-0.3, -0.25) is 0 Å². The Hall–Kier alpha value is -2.02. The largest absolute Gasteiger partial charge is 0.202 e. The van der Waals surface area contributed by atoms with Gasteiger partial charge >= 0.3 is 0 Å². The van der Waals surface area contributed by atoms with Crippen molar-refractivity contribution in [2.24, 2.45) is 0 Å². The van der Waals surface area contributed by atoms with Crippen molar-refractivity contribution in [2.75, 3.05) is 0 Å². The molecule has 0 aromatic carbocycles. The molecule has 0 unspecified atom stereocenters.